The third-order valence-corrected chi connectivity index (χ3v) is 4.16. The van der Waals surface area contributed by atoms with Gasteiger partial charge in [-0.15, -0.1) is 0 Å². The van der Waals surface area contributed by atoms with Gasteiger partial charge in [0, 0.05) is 18.3 Å². The van der Waals surface area contributed by atoms with E-state index in [1.165, 1.54) is 0 Å². The second-order valence-corrected chi connectivity index (χ2v) is 7.82. The first-order chi connectivity index (χ1) is 11.7. The number of halogens is 1. The van der Waals surface area contributed by atoms with Crippen molar-refractivity contribution in [2.75, 3.05) is 13.2 Å². The van der Waals surface area contributed by atoms with Crippen molar-refractivity contribution in [1.82, 2.24) is 14.9 Å². The summed E-state index contributed by atoms with van der Waals surface area (Å²) in [4.78, 5) is 22.5. The van der Waals surface area contributed by atoms with Gasteiger partial charge in [0.25, 0.3) is 0 Å². The smallest absolute Gasteiger partial charge is 0.410 e. The van der Waals surface area contributed by atoms with Crippen molar-refractivity contribution < 1.29 is 14.3 Å². The minimum Gasteiger partial charge on any atom is -0.463 e. The van der Waals surface area contributed by atoms with Crippen molar-refractivity contribution in [2.24, 2.45) is 0 Å². The third kappa shape index (κ3) is 6.69. The van der Waals surface area contributed by atoms with Crippen LogP contribution in [0.4, 0.5) is 4.79 Å². The Morgan fingerprint density at radius 1 is 1.36 bits per heavy atom. The lowest BCUT2D eigenvalue weighted by atomic mass is 9.98. The number of amides is 1. The number of likely N-dealkylation sites (tertiary alicyclic amines) is 1. The summed E-state index contributed by atoms with van der Waals surface area (Å²) in [6.07, 6.45) is 4.65. The molecule has 1 aromatic heterocycles. The molecule has 2 rings (SSSR count). The minimum absolute atomic E-state index is 0.203. The van der Waals surface area contributed by atoms with E-state index in [-0.39, 0.29) is 12.1 Å². The van der Waals surface area contributed by atoms with Crippen molar-refractivity contribution in [3.63, 3.8) is 0 Å². The highest BCUT2D eigenvalue weighted by Crippen LogP contribution is 2.23. The van der Waals surface area contributed by atoms with E-state index in [0.717, 1.165) is 44.3 Å². The maximum atomic E-state index is 12.4. The number of aromatic nitrogens is 2. The Bertz CT molecular complexity index is 569. The van der Waals surface area contributed by atoms with Gasteiger partial charge in [-0.25, -0.2) is 9.78 Å². The van der Waals surface area contributed by atoms with Crippen LogP contribution in [0.5, 0.6) is 6.01 Å². The molecular weight excluding hydrogens is 342 g/mol. The molecule has 25 heavy (non-hydrogen) atoms. The molecule has 1 aromatic rings. The SMILES string of the molecule is Cc1cc(Cl)nc(OCCC[C@@H]2CCCCN2C(=O)OC(C)(C)C)n1. The maximum Gasteiger partial charge on any atom is 0.410 e. The lowest BCUT2D eigenvalue weighted by Gasteiger charge is -2.36. The summed E-state index contributed by atoms with van der Waals surface area (Å²) >= 11 is 5.90. The average molecular weight is 370 g/mol. The van der Waals surface area contributed by atoms with Gasteiger partial charge in [0.05, 0.1) is 6.61 Å². The fraction of sp³-hybridized carbons (Fsp3) is 0.722. The molecule has 1 atom stereocenters. The molecule has 0 spiro atoms. The van der Waals surface area contributed by atoms with E-state index in [1.54, 1.807) is 6.07 Å². The minimum atomic E-state index is -0.468. The van der Waals surface area contributed by atoms with Crippen LogP contribution in [0.25, 0.3) is 0 Å². The molecule has 0 bridgehead atoms. The van der Waals surface area contributed by atoms with Gasteiger partial charge in [-0.3, -0.25) is 0 Å². The Morgan fingerprint density at radius 3 is 2.80 bits per heavy atom. The summed E-state index contributed by atoms with van der Waals surface area (Å²) in [6.45, 7) is 8.79. The molecule has 0 saturated carbocycles. The number of ether oxygens (including phenoxy) is 2. The molecule has 2 heterocycles. The van der Waals surface area contributed by atoms with Crippen molar-refractivity contribution >= 4 is 17.7 Å². The number of rotatable bonds is 5. The molecule has 7 heteroatoms. The van der Waals surface area contributed by atoms with Crippen molar-refractivity contribution in [3.05, 3.63) is 16.9 Å². The van der Waals surface area contributed by atoms with Gasteiger partial charge < -0.3 is 14.4 Å². The summed E-state index contributed by atoms with van der Waals surface area (Å²) in [7, 11) is 0. The number of carbonyl (C=O) groups excluding carboxylic acids is 1. The first-order valence-electron chi connectivity index (χ1n) is 8.88. The van der Waals surface area contributed by atoms with E-state index < -0.39 is 5.60 Å². The Balaban J connectivity index is 1.82. The quantitative estimate of drug-likeness (QED) is 0.569. The van der Waals surface area contributed by atoms with Gasteiger partial charge in [-0.1, -0.05) is 11.6 Å². The van der Waals surface area contributed by atoms with Gasteiger partial charge in [0.1, 0.15) is 10.8 Å². The summed E-state index contributed by atoms with van der Waals surface area (Å²) < 4.78 is 11.1. The largest absolute Gasteiger partial charge is 0.463 e. The topological polar surface area (TPSA) is 64.5 Å². The Kier molecular flexibility index (Phi) is 6.87. The molecule has 6 nitrogen and oxygen atoms in total. The summed E-state index contributed by atoms with van der Waals surface area (Å²) in [5.74, 6) is 0. The lowest BCUT2D eigenvalue weighted by Crippen LogP contribution is -2.46. The fourth-order valence-corrected chi connectivity index (χ4v) is 3.14. The number of piperidine rings is 1. The van der Waals surface area contributed by atoms with Crippen LogP contribution < -0.4 is 4.74 Å². The van der Waals surface area contributed by atoms with Crippen LogP contribution in [0.3, 0.4) is 0 Å². The van der Waals surface area contributed by atoms with Crippen LogP contribution in [-0.4, -0.2) is 45.8 Å². The van der Waals surface area contributed by atoms with Gasteiger partial charge in [0.2, 0.25) is 0 Å². The van der Waals surface area contributed by atoms with Gasteiger partial charge in [-0.05, 0) is 65.9 Å². The van der Waals surface area contributed by atoms with Gasteiger partial charge in [0.15, 0.2) is 0 Å². The highest BCUT2D eigenvalue weighted by molar-refractivity contribution is 6.29. The molecule has 140 valence electrons. The standard InChI is InChI=1S/C18H28ClN3O3/c1-13-12-15(19)21-16(20-13)24-11-7-9-14-8-5-6-10-22(14)17(23)25-18(2,3)4/h12,14H,5-11H2,1-4H3/t14-/m0/s1. The molecule has 0 N–H and O–H groups in total. The molecule has 0 aromatic carbocycles. The predicted octanol–water partition coefficient (Wildman–Crippen LogP) is 4.39. The molecule has 1 aliphatic rings. The molecule has 0 unspecified atom stereocenters. The van der Waals surface area contributed by atoms with Gasteiger partial charge >= 0.3 is 12.1 Å². The second kappa shape index (κ2) is 8.70. The lowest BCUT2D eigenvalue weighted by molar-refractivity contribution is 0.00820. The second-order valence-electron chi connectivity index (χ2n) is 7.43. The molecule has 0 aliphatic carbocycles. The number of nitrogens with zero attached hydrogens (tertiary/aromatic N) is 3. The fourth-order valence-electron chi connectivity index (χ4n) is 2.91. The van der Waals surface area contributed by atoms with E-state index in [0.29, 0.717) is 17.8 Å². The third-order valence-electron chi connectivity index (χ3n) is 3.97. The van der Waals surface area contributed by atoms with E-state index in [4.69, 9.17) is 21.1 Å². The number of carbonyl (C=O) groups is 1. The van der Waals surface area contributed by atoms with Crippen molar-refractivity contribution in [3.8, 4) is 6.01 Å². The van der Waals surface area contributed by atoms with Crippen LogP contribution in [0.2, 0.25) is 5.15 Å². The zero-order valence-electron chi connectivity index (χ0n) is 15.5. The van der Waals surface area contributed by atoms with Crippen LogP contribution in [0.1, 0.15) is 58.6 Å². The first kappa shape index (κ1) is 19.8. The molecule has 1 aliphatic heterocycles. The van der Waals surface area contributed by atoms with E-state index in [9.17, 15) is 4.79 Å². The van der Waals surface area contributed by atoms with Crippen molar-refractivity contribution in [1.29, 1.82) is 0 Å². The monoisotopic (exact) mass is 369 g/mol. The number of aryl methyl sites for hydroxylation is 1. The summed E-state index contributed by atoms with van der Waals surface area (Å²) in [6, 6.07) is 2.20. The molecule has 0 radical (unpaired) electrons. The first-order valence-corrected chi connectivity index (χ1v) is 9.26. The summed E-state index contributed by atoms with van der Waals surface area (Å²) in [5, 5.41) is 0.380. The van der Waals surface area contributed by atoms with Crippen LogP contribution in [0, 0.1) is 6.92 Å². The van der Waals surface area contributed by atoms with E-state index in [1.807, 2.05) is 32.6 Å². The van der Waals surface area contributed by atoms with Crippen LogP contribution in [0.15, 0.2) is 6.07 Å². The normalized spacial score (nSPS) is 18.1. The highest BCUT2D eigenvalue weighted by atomic mass is 35.5. The molecule has 1 fully saturated rings. The van der Waals surface area contributed by atoms with Gasteiger partial charge in [-0.2, -0.15) is 4.98 Å². The Hall–Kier alpha value is -1.56. The molecule has 1 amide bonds. The van der Waals surface area contributed by atoms with Crippen molar-refractivity contribution in [2.45, 2.75) is 71.4 Å². The molecule has 1 saturated heterocycles. The predicted molar refractivity (Wildman–Crippen MR) is 97.1 cm³/mol. The molecular formula is C18H28ClN3O3. The number of hydrogen-bond donors (Lipinski definition) is 0. The van der Waals surface area contributed by atoms with E-state index >= 15 is 0 Å². The zero-order valence-corrected chi connectivity index (χ0v) is 16.3. The average Bonchev–Trinajstić information content (AvgIpc) is 2.49. The highest BCUT2D eigenvalue weighted by Gasteiger charge is 2.30. The zero-order chi connectivity index (χ0) is 18.4. The van der Waals surface area contributed by atoms with Crippen LogP contribution >= 0.6 is 11.6 Å². The maximum absolute atomic E-state index is 12.4. The number of hydrogen-bond acceptors (Lipinski definition) is 5. The Morgan fingerprint density at radius 2 is 2.12 bits per heavy atom. The Labute approximate surface area is 154 Å². The van der Waals surface area contributed by atoms with E-state index in [2.05, 4.69) is 9.97 Å². The summed E-state index contributed by atoms with van der Waals surface area (Å²) in [5.41, 5.74) is 0.308. The van der Waals surface area contributed by atoms with Crippen LogP contribution in [-0.2, 0) is 4.74 Å².